The highest BCUT2D eigenvalue weighted by Gasteiger charge is 2.30. The van der Waals surface area contributed by atoms with E-state index in [1.165, 1.54) is 4.90 Å². The van der Waals surface area contributed by atoms with E-state index in [1.807, 2.05) is 0 Å². The number of rotatable bonds is 2. The van der Waals surface area contributed by atoms with E-state index >= 15 is 0 Å². The number of carbonyl (C=O) groups is 1. The van der Waals surface area contributed by atoms with Crippen LogP contribution in [0.4, 0.5) is 8.78 Å². The van der Waals surface area contributed by atoms with Gasteiger partial charge in [-0.05, 0) is 31.9 Å². The van der Waals surface area contributed by atoms with Crippen molar-refractivity contribution in [1.82, 2.24) is 4.90 Å². The lowest BCUT2D eigenvalue weighted by atomic mass is 10.1. The van der Waals surface area contributed by atoms with Crippen LogP contribution in [0.15, 0.2) is 17.0 Å². The van der Waals surface area contributed by atoms with Crippen molar-refractivity contribution in [2.45, 2.75) is 30.7 Å². The summed E-state index contributed by atoms with van der Waals surface area (Å²) in [5.74, 6) is -3.30. The average molecular weight is 304 g/mol. The van der Waals surface area contributed by atoms with E-state index in [0.29, 0.717) is 18.7 Å². The van der Waals surface area contributed by atoms with Crippen LogP contribution in [-0.2, 0) is 10.0 Å². The van der Waals surface area contributed by atoms with Crippen LogP contribution >= 0.6 is 0 Å². The van der Waals surface area contributed by atoms with Crippen LogP contribution in [0, 0.1) is 11.6 Å². The summed E-state index contributed by atoms with van der Waals surface area (Å²) in [5, 5.41) is 4.96. The molecule has 2 rings (SSSR count). The Hall–Kier alpha value is -1.54. The van der Waals surface area contributed by atoms with Gasteiger partial charge < -0.3 is 4.90 Å². The molecule has 0 bridgehead atoms. The molecule has 20 heavy (non-hydrogen) atoms. The Labute approximate surface area is 115 Å². The first-order chi connectivity index (χ1) is 9.21. The average Bonchev–Trinajstić information content (AvgIpc) is 2.76. The molecule has 1 aromatic rings. The normalized spacial score (nSPS) is 19.4. The van der Waals surface area contributed by atoms with Crippen LogP contribution in [0.5, 0.6) is 0 Å². The maximum Gasteiger partial charge on any atom is 0.255 e. The summed E-state index contributed by atoms with van der Waals surface area (Å²) in [7, 11) is -4.32. The third-order valence-corrected chi connectivity index (χ3v) is 4.32. The number of halogens is 2. The molecule has 0 aromatic heterocycles. The molecule has 0 radical (unpaired) electrons. The van der Waals surface area contributed by atoms with E-state index in [4.69, 9.17) is 5.14 Å². The molecule has 1 atom stereocenters. The largest absolute Gasteiger partial charge is 0.336 e. The monoisotopic (exact) mass is 304 g/mol. The minimum Gasteiger partial charge on any atom is -0.336 e. The van der Waals surface area contributed by atoms with Crippen LogP contribution in [0.3, 0.4) is 0 Å². The Morgan fingerprint density at radius 2 is 1.95 bits per heavy atom. The molecule has 110 valence electrons. The smallest absolute Gasteiger partial charge is 0.255 e. The number of benzene rings is 1. The van der Waals surface area contributed by atoms with Crippen LogP contribution in [0.2, 0.25) is 0 Å². The minimum atomic E-state index is -4.32. The number of hydrogen-bond acceptors (Lipinski definition) is 3. The van der Waals surface area contributed by atoms with Crippen LogP contribution in [0.1, 0.15) is 30.1 Å². The van der Waals surface area contributed by atoms with Gasteiger partial charge in [-0.15, -0.1) is 0 Å². The number of carbonyl (C=O) groups excluding carboxylic acids is 1. The summed E-state index contributed by atoms with van der Waals surface area (Å²) in [6.45, 7) is 2.25. The molecule has 1 aromatic carbocycles. The molecule has 1 fully saturated rings. The fourth-order valence-electron chi connectivity index (χ4n) is 2.32. The molecule has 0 saturated carbocycles. The molecule has 8 heteroatoms. The van der Waals surface area contributed by atoms with Crippen molar-refractivity contribution in [3.63, 3.8) is 0 Å². The molecule has 1 unspecified atom stereocenters. The van der Waals surface area contributed by atoms with Gasteiger partial charge in [0.05, 0.1) is 10.5 Å². The lowest BCUT2D eigenvalue weighted by Crippen LogP contribution is -2.35. The maximum atomic E-state index is 13.3. The molecular weight excluding hydrogens is 290 g/mol. The molecule has 1 aliphatic rings. The fourth-order valence-corrected chi connectivity index (χ4v) is 3.04. The van der Waals surface area contributed by atoms with E-state index < -0.39 is 38.0 Å². The van der Waals surface area contributed by atoms with Gasteiger partial charge in [-0.3, -0.25) is 4.79 Å². The lowest BCUT2D eigenvalue weighted by Gasteiger charge is -2.22. The molecule has 2 N–H and O–H groups in total. The summed E-state index contributed by atoms with van der Waals surface area (Å²) >= 11 is 0. The van der Waals surface area contributed by atoms with Gasteiger partial charge in [-0.25, -0.2) is 22.3 Å². The molecule has 0 spiro atoms. The Morgan fingerprint density at radius 3 is 2.45 bits per heavy atom. The van der Waals surface area contributed by atoms with Crippen molar-refractivity contribution >= 4 is 15.9 Å². The number of nitrogens with two attached hydrogens (primary N) is 1. The first-order valence-corrected chi connectivity index (χ1v) is 7.59. The molecule has 5 nitrogen and oxygen atoms in total. The predicted molar refractivity (Wildman–Crippen MR) is 67.5 cm³/mol. The number of amides is 1. The van der Waals surface area contributed by atoms with Crippen LogP contribution in [-0.4, -0.2) is 31.8 Å². The van der Waals surface area contributed by atoms with Crippen LogP contribution < -0.4 is 5.14 Å². The molecule has 1 heterocycles. The highest BCUT2D eigenvalue weighted by atomic mass is 32.2. The lowest BCUT2D eigenvalue weighted by molar-refractivity contribution is 0.0743. The third kappa shape index (κ3) is 2.66. The quantitative estimate of drug-likeness (QED) is 0.892. The highest BCUT2D eigenvalue weighted by Crippen LogP contribution is 2.24. The second kappa shape index (κ2) is 5.10. The second-order valence-electron chi connectivity index (χ2n) is 4.80. The SMILES string of the molecule is CC1CCCN1C(=O)c1cc(F)c(F)cc1S(N)(=O)=O. The van der Waals surface area contributed by atoms with E-state index in [-0.39, 0.29) is 6.04 Å². The van der Waals surface area contributed by atoms with Gasteiger partial charge in [0.25, 0.3) is 5.91 Å². The second-order valence-corrected chi connectivity index (χ2v) is 6.33. The van der Waals surface area contributed by atoms with E-state index in [2.05, 4.69) is 0 Å². The Balaban J connectivity index is 2.55. The van der Waals surface area contributed by atoms with Gasteiger partial charge in [0.15, 0.2) is 11.6 Å². The number of sulfonamides is 1. The molecule has 1 saturated heterocycles. The van der Waals surface area contributed by atoms with Crippen molar-refractivity contribution in [2.24, 2.45) is 5.14 Å². The zero-order chi connectivity index (χ0) is 15.1. The van der Waals surface area contributed by atoms with E-state index in [9.17, 15) is 22.0 Å². The number of primary sulfonamides is 1. The van der Waals surface area contributed by atoms with Crippen molar-refractivity contribution in [3.8, 4) is 0 Å². The number of nitrogens with zero attached hydrogens (tertiary/aromatic N) is 1. The van der Waals surface area contributed by atoms with Crippen molar-refractivity contribution < 1.29 is 22.0 Å². The van der Waals surface area contributed by atoms with Gasteiger partial charge in [0.2, 0.25) is 10.0 Å². The molecule has 1 aliphatic heterocycles. The summed E-state index contributed by atoms with van der Waals surface area (Å²) in [5.41, 5.74) is -0.430. The Bertz CT molecular complexity index is 661. The zero-order valence-corrected chi connectivity index (χ0v) is 11.6. The molecule has 0 aliphatic carbocycles. The van der Waals surface area contributed by atoms with Gasteiger partial charge in [0.1, 0.15) is 0 Å². The van der Waals surface area contributed by atoms with Crippen molar-refractivity contribution in [3.05, 3.63) is 29.3 Å². The van der Waals surface area contributed by atoms with Gasteiger partial charge in [0, 0.05) is 12.6 Å². The van der Waals surface area contributed by atoms with Gasteiger partial charge >= 0.3 is 0 Å². The van der Waals surface area contributed by atoms with Crippen molar-refractivity contribution in [1.29, 1.82) is 0 Å². The molecule has 1 amide bonds. The van der Waals surface area contributed by atoms with E-state index in [1.54, 1.807) is 6.92 Å². The van der Waals surface area contributed by atoms with E-state index in [0.717, 1.165) is 12.8 Å². The number of likely N-dealkylation sites (tertiary alicyclic amines) is 1. The summed E-state index contributed by atoms with van der Waals surface area (Å²) < 4.78 is 49.4. The first kappa shape index (κ1) is 14.9. The summed E-state index contributed by atoms with van der Waals surface area (Å²) in [6.07, 6.45) is 1.56. The minimum absolute atomic E-state index is 0.0797. The predicted octanol–water partition coefficient (Wildman–Crippen LogP) is 1.24. The topological polar surface area (TPSA) is 80.5 Å². The summed E-state index contributed by atoms with van der Waals surface area (Å²) in [4.78, 5) is 13.0. The highest BCUT2D eigenvalue weighted by molar-refractivity contribution is 7.89. The summed E-state index contributed by atoms with van der Waals surface area (Å²) in [6, 6.07) is 0.949. The van der Waals surface area contributed by atoms with Gasteiger partial charge in [-0.2, -0.15) is 0 Å². The third-order valence-electron chi connectivity index (χ3n) is 3.37. The van der Waals surface area contributed by atoms with Gasteiger partial charge in [-0.1, -0.05) is 0 Å². The van der Waals surface area contributed by atoms with Crippen LogP contribution in [0.25, 0.3) is 0 Å². The zero-order valence-electron chi connectivity index (χ0n) is 10.8. The standard InChI is InChI=1S/C12H14F2N2O3S/c1-7-3-2-4-16(7)12(17)8-5-9(13)10(14)6-11(8)20(15,18)19/h5-7H,2-4H2,1H3,(H2,15,18,19). The van der Waals surface area contributed by atoms with Crippen molar-refractivity contribution in [2.75, 3.05) is 6.54 Å². The Morgan fingerprint density at radius 1 is 1.35 bits per heavy atom. The Kier molecular flexibility index (Phi) is 3.79. The first-order valence-electron chi connectivity index (χ1n) is 6.04. The number of hydrogen-bond donors (Lipinski definition) is 1. The molecular formula is C12H14F2N2O3S. The fraction of sp³-hybridized carbons (Fsp3) is 0.417. The maximum absolute atomic E-state index is 13.3.